The van der Waals surface area contributed by atoms with Crippen LogP contribution in [0.1, 0.15) is 18.3 Å². The molecule has 0 unspecified atom stereocenters. The SMILES string of the molecule is CCNC(=O)CN1CCN(c2cncc(-n3nc(C)cc3C)n2)CC1. The zero-order chi connectivity index (χ0) is 17.8. The first-order chi connectivity index (χ1) is 12.1. The predicted octanol–water partition coefficient (Wildman–Crippen LogP) is 0.537. The van der Waals surface area contributed by atoms with Gasteiger partial charge in [-0.15, -0.1) is 0 Å². The molecule has 2 aromatic rings. The first kappa shape index (κ1) is 17.3. The van der Waals surface area contributed by atoms with Crippen LogP contribution in [0, 0.1) is 13.8 Å². The highest BCUT2D eigenvalue weighted by molar-refractivity contribution is 5.77. The van der Waals surface area contributed by atoms with Gasteiger partial charge in [0.05, 0.1) is 24.6 Å². The summed E-state index contributed by atoms with van der Waals surface area (Å²) >= 11 is 0. The van der Waals surface area contributed by atoms with Crippen molar-refractivity contribution in [3.63, 3.8) is 0 Å². The number of aryl methyl sites for hydroxylation is 2. The van der Waals surface area contributed by atoms with E-state index in [1.807, 2.05) is 31.5 Å². The molecule has 0 aliphatic carbocycles. The lowest BCUT2D eigenvalue weighted by Gasteiger charge is -2.34. The second-order valence-electron chi connectivity index (χ2n) is 6.29. The molecule has 8 heteroatoms. The lowest BCUT2D eigenvalue weighted by atomic mass is 10.3. The number of nitrogens with zero attached hydrogens (tertiary/aromatic N) is 6. The number of carbonyl (C=O) groups is 1. The molecule has 8 nitrogen and oxygen atoms in total. The number of hydrogen-bond acceptors (Lipinski definition) is 6. The summed E-state index contributed by atoms with van der Waals surface area (Å²) in [6.45, 7) is 10.4. The van der Waals surface area contributed by atoms with Gasteiger partial charge in [-0.05, 0) is 26.8 Å². The molecule has 1 N–H and O–H groups in total. The van der Waals surface area contributed by atoms with Crippen LogP contribution in [-0.4, -0.2) is 69.8 Å². The van der Waals surface area contributed by atoms with Crippen molar-refractivity contribution in [1.29, 1.82) is 0 Å². The van der Waals surface area contributed by atoms with Crippen molar-refractivity contribution in [1.82, 2.24) is 30.0 Å². The highest BCUT2D eigenvalue weighted by atomic mass is 16.2. The third-order valence-corrected chi connectivity index (χ3v) is 4.27. The van der Waals surface area contributed by atoms with Gasteiger partial charge in [-0.25, -0.2) is 9.67 Å². The van der Waals surface area contributed by atoms with Gasteiger partial charge in [0.25, 0.3) is 0 Å². The second-order valence-corrected chi connectivity index (χ2v) is 6.29. The summed E-state index contributed by atoms with van der Waals surface area (Å²) in [6, 6.07) is 2.02. The van der Waals surface area contributed by atoms with Crippen LogP contribution in [0.2, 0.25) is 0 Å². The van der Waals surface area contributed by atoms with E-state index >= 15 is 0 Å². The van der Waals surface area contributed by atoms with Gasteiger partial charge in [-0.2, -0.15) is 5.10 Å². The Morgan fingerprint density at radius 2 is 1.88 bits per heavy atom. The molecule has 3 heterocycles. The van der Waals surface area contributed by atoms with Crippen molar-refractivity contribution in [2.24, 2.45) is 0 Å². The Kier molecular flexibility index (Phi) is 5.28. The number of amides is 1. The summed E-state index contributed by atoms with van der Waals surface area (Å²) < 4.78 is 1.82. The van der Waals surface area contributed by atoms with Gasteiger partial charge >= 0.3 is 0 Å². The first-order valence-electron chi connectivity index (χ1n) is 8.66. The van der Waals surface area contributed by atoms with Crippen LogP contribution < -0.4 is 10.2 Å². The number of aromatic nitrogens is 4. The lowest BCUT2D eigenvalue weighted by Crippen LogP contribution is -2.49. The number of rotatable bonds is 5. The second kappa shape index (κ2) is 7.60. The molecule has 0 radical (unpaired) electrons. The molecule has 0 bridgehead atoms. The smallest absolute Gasteiger partial charge is 0.234 e. The van der Waals surface area contributed by atoms with Gasteiger partial charge in [-0.3, -0.25) is 14.7 Å². The van der Waals surface area contributed by atoms with Gasteiger partial charge in [-0.1, -0.05) is 0 Å². The van der Waals surface area contributed by atoms with E-state index in [4.69, 9.17) is 4.98 Å². The van der Waals surface area contributed by atoms with Crippen LogP contribution in [0.5, 0.6) is 0 Å². The summed E-state index contributed by atoms with van der Waals surface area (Å²) in [4.78, 5) is 25.1. The Morgan fingerprint density at radius 1 is 1.16 bits per heavy atom. The number of likely N-dealkylation sites (N-methyl/N-ethyl adjacent to an activating group) is 1. The predicted molar refractivity (Wildman–Crippen MR) is 96.0 cm³/mol. The van der Waals surface area contributed by atoms with Crippen LogP contribution >= 0.6 is 0 Å². The highest BCUT2D eigenvalue weighted by Gasteiger charge is 2.20. The molecule has 0 atom stereocenters. The summed E-state index contributed by atoms with van der Waals surface area (Å²) in [6.07, 6.45) is 3.52. The molecule has 1 fully saturated rings. The van der Waals surface area contributed by atoms with E-state index in [1.165, 1.54) is 0 Å². The van der Waals surface area contributed by atoms with Gasteiger partial charge in [0.2, 0.25) is 5.91 Å². The normalized spacial score (nSPS) is 15.4. The van der Waals surface area contributed by atoms with Crippen LogP contribution in [0.3, 0.4) is 0 Å². The number of nitrogens with one attached hydrogen (secondary N) is 1. The Morgan fingerprint density at radius 3 is 2.52 bits per heavy atom. The highest BCUT2D eigenvalue weighted by Crippen LogP contribution is 2.16. The average molecular weight is 343 g/mol. The summed E-state index contributed by atoms with van der Waals surface area (Å²) in [5, 5.41) is 7.31. The van der Waals surface area contributed by atoms with Crippen molar-refractivity contribution in [3.05, 3.63) is 29.8 Å². The third-order valence-electron chi connectivity index (χ3n) is 4.27. The maximum atomic E-state index is 11.7. The minimum atomic E-state index is 0.0854. The van der Waals surface area contributed by atoms with Crippen molar-refractivity contribution >= 4 is 11.7 Å². The molecule has 1 amide bonds. The minimum Gasteiger partial charge on any atom is -0.355 e. The zero-order valence-electron chi connectivity index (χ0n) is 15.1. The lowest BCUT2D eigenvalue weighted by molar-refractivity contribution is -0.122. The Bertz CT molecular complexity index is 734. The molecule has 3 rings (SSSR count). The Balaban J connectivity index is 1.65. The topological polar surface area (TPSA) is 79.2 Å². The molecule has 134 valence electrons. The fourth-order valence-corrected chi connectivity index (χ4v) is 3.05. The summed E-state index contributed by atoms with van der Waals surface area (Å²) in [7, 11) is 0. The van der Waals surface area contributed by atoms with E-state index < -0.39 is 0 Å². The van der Waals surface area contributed by atoms with Crippen molar-refractivity contribution < 1.29 is 4.79 Å². The maximum Gasteiger partial charge on any atom is 0.234 e. The molecule has 0 aromatic carbocycles. The monoisotopic (exact) mass is 343 g/mol. The van der Waals surface area contributed by atoms with Crippen molar-refractivity contribution in [3.8, 4) is 5.82 Å². The van der Waals surface area contributed by atoms with E-state index in [2.05, 4.69) is 25.2 Å². The van der Waals surface area contributed by atoms with E-state index in [0.29, 0.717) is 13.1 Å². The van der Waals surface area contributed by atoms with Crippen LogP contribution in [0.4, 0.5) is 5.82 Å². The summed E-state index contributed by atoms with van der Waals surface area (Å²) in [5.41, 5.74) is 2.00. The minimum absolute atomic E-state index is 0.0854. The molecule has 0 spiro atoms. The van der Waals surface area contributed by atoms with Crippen molar-refractivity contribution in [2.45, 2.75) is 20.8 Å². The average Bonchev–Trinajstić information content (AvgIpc) is 2.94. The molecule has 1 aliphatic heterocycles. The summed E-state index contributed by atoms with van der Waals surface area (Å²) in [5.74, 6) is 1.66. The molecular weight excluding hydrogens is 318 g/mol. The maximum absolute atomic E-state index is 11.7. The quantitative estimate of drug-likeness (QED) is 0.853. The number of hydrogen-bond donors (Lipinski definition) is 1. The number of piperazine rings is 1. The molecule has 25 heavy (non-hydrogen) atoms. The Hall–Kier alpha value is -2.48. The third kappa shape index (κ3) is 4.14. The molecule has 0 saturated carbocycles. The van der Waals surface area contributed by atoms with E-state index in [-0.39, 0.29) is 5.91 Å². The largest absolute Gasteiger partial charge is 0.355 e. The Labute approximate surface area is 147 Å². The van der Waals surface area contributed by atoms with Gasteiger partial charge in [0, 0.05) is 38.4 Å². The standard InChI is InChI=1S/C17H25N7O/c1-4-19-17(25)12-22-5-7-23(8-6-22)15-10-18-11-16(20-15)24-14(3)9-13(2)21-24/h9-11H,4-8,12H2,1-3H3,(H,19,25). The molecule has 1 aliphatic rings. The fourth-order valence-electron chi connectivity index (χ4n) is 3.05. The van der Waals surface area contributed by atoms with E-state index in [0.717, 1.165) is 49.2 Å². The van der Waals surface area contributed by atoms with E-state index in [9.17, 15) is 4.79 Å². The van der Waals surface area contributed by atoms with Gasteiger partial charge in [0.15, 0.2) is 5.82 Å². The molecule has 2 aromatic heterocycles. The fraction of sp³-hybridized carbons (Fsp3) is 0.529. The van der Waals surface area contributed by atoms with Gasteiger partial charge in [0.1, 0.15) is 5.82 Å². The molecular formula is C17H25N7O. The molecule has 1 saturated heterocycles. The number of anilines is 1. The zero-order valence-corrected chi connectivity index (χ0v) is 15.1. The van der Waals surface area contributed by atoms with E-state index in [1.54, 1.807) is 12.4 Å². The van der Waals surface area contributed by atoms with Crippen LogP contribution in [0.15, 0.2) is 18.5 Å². The van der Waals surface area contributed by atoms with Crippen LogP contribution in [0.25, 0.3) is 5.82 Å². The number of carbonyl (C=O) groups excluding carboxylic acids is 1. The van der Waals surface area contributed by atoms with Gasteiger partial charge < -0.3 is 10.2 Å². The van der Waals surface area contributed by atoms with Crippen LogP contribution in [-0.2, 0) is 4.79 Å². The first-order valence-corrected chi connectivity index (χ1v) is 8.66. The van der Waals surface area contributed by atoms with Crippen molar-refractivity contribution in [2.75, 3.05) is 44.2 Å².